The predicted molar refractivity (Wildman–Crippen MR) is 50.1 cm³/mol. The Morgan fingerprint density at radius 3 is 3.00 bits per heavy atom. The Morgan fingerprint density at radius 2 is 2.38 bits per heavy atom. The van der Waals surface area contributed by atoms with Gasteiger partial charge in [-0.25, -0.2) is 0 Å². The van der Waals surface area contributed by atoms with E-state index in [1.54, 1.807) is 13.2 Å². The molecular weight excluding hydrogens is 168 g/mol. The lowest BCUT2D eigenvalue weighted by Gasteiger charge is -2.15. The predicted octanol–water partition coefficient (Wildman–Crippen LogP) is 1.63. The van der Waals surface area contributed by atoms with E-state index in [0.717, 1.165) is 5.76 Å². The Labute approximate surface area is 78.3 Å². The second-order valence-corrected chi connectivity index (χ2v) is 2.56. The van der Waals surface area contributed by atoms with E-state index >= 15 is 0 Å². The van der Waals surface area contributed by atoms with E-state index in [2.05, 4.69) is 6.58 Å². The molecule has 0 saturated carbocycles. The minimum atomic E-state index is 0.545. The molecule has 0 aromatic rings. The third kappa shape index (κ3) is 3.80. The number of allylic oxidation sites excluding steroid dienone is 3. The first-order chi connectivity index (χ1) is 6.33. The molecule has 72 valence electrons. The highest BCUT2D eigenvalue weighted by molar-refractivity contribution is 5.16. The molecule has 1 aliphatic rings. The summed E-state index contributed by atoms with van der Waals surface area (Å²) in [5.74, 6) is 1.46. The van der Waals surface area contributed by atoms with E-state index in [1.807, 2.05) is 12.2 Å². The van der Waals surface area contributed by atoms with Crippen LogP contribution >= 0.6 is 0 Å². The molecule has 0 amide bonds. The van der Waals surface area contributed by atoms with Crippen LogP contribution in [0.5, 0.6) is 0 Å². The summed E-state index contributed by atoms with van der Waals surface area (Å²) in [7, 11) is 1.58. The number of rotatable bonds is 3. The molecule has 0 unspecified atom stereocenters. The quantitative estimate of drug-likeness (QED) is 0.490. The maximum absolute atomic E-state index is 5.31. The monoisotopic (exact) mass is 182 g/mol. The molecule has 0 N–H and O–H groups in total. The first-order valence-corrected chi connectivity index (χ1v) is 4.13. The van der Waals surface area contributed by atoms with Crippen molar-refractivity contribution in [3.8, 4) is 0 Å². The van der Waals surface area contributed by atoms with Gasteiger partial charge >= 0.3 is 0 Å². The van der Waals surface area contributed by atoms with E-state index < -0.39 is 0 Å². The molecule has 1 rings (SSSR count). The van der Waals surface area contributed by atoms with Crippen LogP contribution in [0.1, 0.15) is 0 Å². The van der Waals surface area contributed by atoms with Gasteiger partial charge in [0.2, 0.25) is 0 Å². The molecule has 1 heterocycles. The van der Waals surface area contributed by atoms with Gasteiger partial charge in [-0.2, -0.15) is 0 Å². The highest BCUT2D eigenvalue weighted by Crippen LogP contribution is 2.04. The van der Waals surface area contributed by atoms with Crippen molar-refractivity contribution >= 4 is 0 Å². The molecule has 0 aromatic heterocycles. The normalized spacial score (nSPS) is 20.2. The summed E-state index contributed by atoms with van der Waals surface area (Å²) in [6.45, 7) is 5.49. The largest absolute Gasteiger partial charge is 0.497 e. The summed E-state index contributed by atoms with van der Waals surface area (Å²) in [6, 6.07) is 0. The van der Waals surface area contributed by atoms with Gasteiger partial charge in [0.1, 0.15) is 24.7 Å². The van der Waals surface area contributed by atoms with E-state index in [1.165, 1.54) is 0 Å². The molecule has 3 nitrogen and oxygen atoms in total. The third-order valence-electron chi connectivity index (χ3n) is 1.59. The minimum Gasteiger partial charge on any atom is -0.497 e. The Bertz CT molecular complexity index is 220. The Hall–Kier alpha value is -1.22. The molecule has 0 radical (unpaired) electrons. The van der Waals surface area contributed by atoms with Crippen LogP contribution in [-0.4, -0.2) is 26.9 Å². The Kier molecular flexibility index (Phi) is 4.12. The zero-order chi connectivity index (χ0) is 9.52. The summed E-state index contributed by atoms with van der Waals surface area (Å²) in [5, 5.41) is 0. The standard InChI is InChI=1S/C10H14O3/c1-9(11-2)4-3-5-10-8-12-6-7-13-10/h3-5H,1,6-8H2,2H3/b4-3-,10-5+. The zero-order valence-electron chi connectivity index (χ0n) is 7.79. The molecule has 0 bridgehead atoms. The molecule has 0 aromatic carbocycles. The SMILES string of the molecule is C=C(/C=C\C=C1/COCCO1)OC. The average Bonchev–Trinajstić information content (AvgIpc) is 2.19. The van der Waals surface area contributed by atoms with Crippen LogP contribution in [0.3, 0.4) is 0 Å². The van der Waals surface area contributed by atoms with Gasteiger partial charge in [0.05, 0.1) is 13.7 Å². The smallest absolute Gasteiger partial charge is 0.122 e. The zero-order valence-corrected chi connectivity index (χ0v) is 7.79. The van der Waals surface area contributed by atoms with Gasteiger partial charge in [0, 0.05) is 0 Å². The molecule has 1 aliphatic heterocycles. The first-order valence-electron chi connectivity index (χ1n) is 4.13. The fourth-order valence-corrected chi connectivity index (χ4v) is 0.873. The van der Waals surface area contributed by atoms with Gasteiger partial charge in [0.25, 0.3) is 0 Å². The van der Waals surface area contributed by atoms with Crippen molar-refractivity contribution in [1.82, 2.24) is 0 Å². The van der Waals surface area contributed by atoms with Crippen LogP contribution in [0.25, 0.3) is 0 Å². The molecule has 3 heteroatoms. The molecule has 0 aliphatic carbocycles. The first kappa shape index (κ1) is 9.86. The average molecular weight is 182 g/mol. The number of hydrogen-bond acceptors (Lipinski definition) is 3. The topological polar surface area (TPSA) is 27.7 Å². The number of methoxy groups -OCH3 is 1. The Morgan fingerprint density at radius 1 is 1.54 bits per heavy atom. The third-order valence-corrected chi connectivity index (χ3v) is 1.59. The molecule has 1 saturated heterocycles. The number of hydrogen-bond donors (Lipinski definition) is 0. The molecule has 13 heavy (non-hydrogen) atoms. The van der Waals surface area contributed by atoms with Crippen LogP contribution in [0.15, 0.2) is 36.3 Å². The highest BCUT2D eigenvalue weighted by atomic mass is 16.6. The van der Waals surface area contributed by atoms with Crippen LogP contribution < -0.4 is 0 Å². The molecular formula is C10H14O3. The van der Waals surface area contributed by atoms with Crippen LogP contribution in [0, 0.1) is 0 Å². The van der Waals surface area contributed by atoms with Gasteiger partial charge < -0.3 is 14.2 Å². The summed E-state index contributed by atoms with van der Waals surface area (Å²) in [5.41, 5.74) is 0. The van der Waals surface area contributed by atoms with Crippen molar-refractivity contribution in [3.05, 3.63) is 36.3 Å². The fourth-order valence-electron chi connectivity index (χ4n) is 0.873. The molecule has 0 atom stereocenters. The lowest BCUT2D eigenvalue weighted by atomic mass is 10.4. The van der Waals surface area contributed by atoms with E-state index in [0.29, 0.717) is 25.6 Å². The highest BCUT2D eigenvalue weighted by Gasteiger charge is 2.03. The van der Waals surface area contributed by atoms with Crippen molar-refractivity contribution in [1.29, 1.82) is 0 Å². The van der Waals surface area contributed by atoms with Gasteiger partial charge in [-0.1, -0.05) is 12.7 Å². The maximum atomic E-state index is 5.31. The minimum absolute atomic E-state index is 0.545. The number of ether oxygens (including phenoxy) is 3. The summed E-state index contributed by atoms with van der Waals surface area (Å²) >= 11 is 0. The van der Waals surface area contributed by atoms with Gasteiger partial charge in [-0.3, -0.25) is 0 Å². The molecule has 1 fully saturated rings. The van der Waals surface area contributed by atoms with Crippen molar-refractivity contribution in [3.63, 3.8) is 0 Å². The van der Waals surface area contributed by atoms with Gasteiger partial charge in [0.15, 0.2) is 0 Å². The lowest BCUT2D eigenvalue weighted by molar-refractivity contribution is 0.0135. The van der Waals surface area contributed by atoms with Gasteiger partial charge in [-0.15, -0.1) is 0 Å². The van der Waals surface area contributed by atoms with E-state index in [4.69, 9.17) is 14.2 Å². The van der Waals surface area contributed by atoms with Crippen molar-refractivity contribution in [2.75, 3.05) is 26.9 Å². The second kappa shape index (κ2) is 5.43. The summed E-state index contributed by atoms with van der Waals surface area (Å²) in [6.07, 6.45) is 5.45. The van der Waals surface area contributed by atoms with E-state index in [-0.39, 0.29) is 0 Å². The van der Waals surface area contributed by atoms with Crippen LogP contribution in [0.2, 0.25) is 0 Å². The van der Waals surface area contributed by atoms with Crippen molar-refractivity contribution in [2.45, 2.75) is 0 Å². The lowest BCUT2D eigenvalue weighted by Crippen LogP contribution is -2.15. The van der Waals surface area contributed by atoms with Gasteiger partial charge in [-0.05, 0) is 12.2 Å². The van der Waals surface area contributed by atoms with E-state index in [9.17, 15) is 0 Å². The van der Waals surface area contributed by atoms with Crippen LogP contribution in [-0.2, 0) is 14.2 Å². The summed E-state index contributed by atoms with van der Waals surface area (Å²) < 4.78 is 15.3. The molecule has 0 spiro atoms. The fraction of sp³-hybridized carbons (Fsp3) is 0.400. The van der Waals surface area contributed by atoms with Crippen molar-refractivity contribution < 1.29 is 14.2 Å². The maximum Gasteiger partial charge on any atom is 0.122 e. The Balaban J connectivity index is 2.37. The second-order valence-electron chi connectivity index (χ2n) is 2.56. The summed E-state index contributed by atoms with van der Waals surface area (Å²) in [4.78, 5) is 0. The van der Waals surface area contributed by atoms with Crippen LogP contribution in [0.4, 0.5) is 0 Å². The van der Waals surface area contributed by atoms with Crippen molar-refractivity contribution in [2.24, 2.45) is 0 Å².